The molecule has 2 rings (SSSR count). The van der Waals surface area contributed by atoms with E-state index < -0.39 is 0 Å². The van der Waals surface area contributed by atoms with Gasteiger partial charge in [-0.25, -0.2) is 0 Å². The second-order valence-electron chi connectivity index (χ2n) is 4.10. The second-order valence-corrected chi connectivity index (χ2v) is 7.54. The predicted molar refractivity (Wildman–Crippen MR) is 59.7 cm³/mol. The molecule has 0 N–H and O–H groups in total. The maximum Gasteiger partial charge on any atom is 0.0964 e. The molecule has 0 bridgehead atoms. The number of hydrogen-bond donors (Lipinski definition) is 0. The largest absolute Gasteiger partial charge is 0.0964 e. The van der Waals surface area contributed by atoms with Gasteiger partial charge >= 0.3 is 0 Å². The van der Waals surface area contributed by atoms with Gasteiger partial charge in [-0.05, 0) is 6.42 Å². The van der Waals surface area contributed by atoms with Crippen LogP contribution in [0.1, 0.15) is 20.3 Å². The number of halogens is 2. The van der Waals surface area contributed by atoms with Crippen LogP contribution >= 0.6 is 31.9 Å². The minimum Gasteiger partial charge on any atom is -0.0839 e. The summed E-state index contributed by atoms with van der Waals surface area (Å²) in [4.78, 5) is 0. The van der Waals surface area contributed by atoms with Crippen molar-refractivity contribution >= 4 is 31.9 Å². The Labute approximate surface area is 90.4 Å². The SMILES string of the molecule is C[C@]12C=CC=CC[C@]1(C)C2(Br)Br. The van der Waals surface area contributed by atoms with Gasteiger partial charge in [0.15, 0.2) is 0 Å². The van der Waals surface area contributed by atoms with E-state index in [1.54, 1.807) is 0 Å². The van der Waals surface area contributed by atoms with Crippen molar-refractivity contribution in [3.63, 3.8) is 0 Å². The van der Waals surface area contributed by atoms with E-state index in [2.05, 4.69) is 70.0 Å². The molecule has 2 aliphatic rings. The average Bonchev–Trinajstić information content (AvgIpc) is 2.40. The highest BCUT2D eigenvalue weighted by Gasteiger charge is 2.78. The first-order chi connectivity index (χ1) is 5.46. The minimum absolute atomic E-state index is 0.0985. The molecule has 0 aromatic rings. The molecule has 2 atom stereocenters. The fourth-order valence-electron chi connectivity index (χ4n) is 2.16. The van der Waals surface area contributed by atoms with Crippen molar-refractivity contribution in [3.05, 3.63) is 24.3 Å². The lowest BCUT2D eigenvalue weighted by Crippen LogP contribution is -2.02. The smallest absolute Gasteiger partial charge is 0.0839 e. The molecule has 0 aliphatic heterocycles. The molecule has 0 unspecified atom stereocenters. The third kappa shape index (κ3) is 0.741. The molecule has 0 aromatic heterocycles. The van der Waals surface area contributed by atoms with E-state index in [-0.39, 0.29) is 8.65 Å². The summed E-state index contributed by atoms with van der Waals surface area (Å²) < 4.78 is 0.0985. The lowest BCUT2D eigenvalue weighted by molar-refractivity contribution is 0.464. The molecule has 2 aliphatic carbocycles. The zero-order chi connectivity index (χ0) is 9.04. The van der Waals surface area contributed by atoms with E-state index in [1.165, 1.54) is 0 Å². The number of hydrogen-bond acceptors (Lipinski definition) is 0. The van der Waals surface area contributed by atoms with Crippen LogP contribution in [-0.4, -0.2) is 3.23 Å². The summed E-state index contributed by atoms with van der Waals surface area (Å²) in [6.45, 7) is 4.61. The normalized spacial score (nSPS) is 48.3. The van der Waals surface area contributed by atoms with Gasteiger partial charge in [0.1, 0.15) is 0 Å². The maximum atomic E-state index is 3.76. The van der Waals surface area contributed by atoms with E-state index in [0.29, 0.717) is 5.41 Å². The molecule has 0 amide bonds. The van der Waals surface area contributed by atoms with Crippen LogP contribution in [0.25, 0.3) is 0 Å². The average molecular weight is 292 g/mol. The molecule has 1 fully saturated rings. The number of allylic oxidation sites excluding steroid dienone is 4. The Morgan fingerprint density at radius 3 is 2.50 bits per heavy atom. The first-order valence-corrected chi connectivity index (χ1v) is 5.76. The highest BCUT2D eigenvalue weighted by Crippen LogP contribution is 2.82. The summed E-state index contributed by atoms with van der Waals surface area (Å²) in [5, 5.41) is 0. The second kappa shape index (κ2) is 2.27. The van der Waals surface area contributed by atoms with Gasteiger partial charge < -0.3 is 0 Å². The Morgan fingerprint density at radius 2 is 1.83 bits per heavy atom. The summed E-state index contributed by atoms with van der Waals surface area (Å²) in [5.41, 5.74) is 0.576. The molecule has 0 aromatic carbocycles. The van der Waals surface area contributed by atoms with Crippen LogP contribution in [0.4, 0.5) is 0 Å². The molecule has 0 nitrogen and oxygen atoms in total. The molecule has 0 heterocycles. The van der Waals surface area contributed by atoms with Crippen molar-refractivity contribution in [1.29, 1.82) is 0 Å². The van der Waals surface area contributed by atoms with Crippen molar-refractivity contribution in [2.24, 2.45) is 10.8 Å². The predicted octanol–water partition coefficient (Wildman–Crippen LogP) is 4.01. The summed E-state index contributed by atoms with van der Waals surface area (Å²) in [6, 6.07) is 0. The van der Waals surface area contributed by atoms with Crippen molar-refractivity contribution in [2.45, 2.75) is 23.5 Å². The minimum atomic E-state index is 0.0985. The quantitative estimate of drug-likeness (QED) is 0.592. The number of rotatable bonds is 0. The van der Waals surface area contributed by atoms with Crippen molar-refractivity contribution in [2.75, 3.05) is 0 Å². The fourth-order valence-corrected chi connectivity index (χ4v) is 4.25. The van der Waals surface area contributed by atoms with Crippen LogP contribution < -0.4 is 0 Å². The third-order valence-electron chi connectivity index (χ3n) is 3.63. The Morgan fingerprint density at radius 1 is 1.17 bits per heavy atom. The maximum absolute atomic E-state index is 3.76. The van der Waals surface area contributed by atoms with Crippen LogP contribution in [-0.2, 0) is 0 Å². The topological polar surface area (TPSA) is 0 Å². The first kappa shape index (κ1) is 9.01. The molecular formula is C10H12Br2. The van der Waals surface area contributed by atoms with Crippen molar-refractivity contribution < 1.29 is 0 Å². The van der Waals surface area contributed by atoms with Gasteiger partial charge in [0, 0.05) is 10.8 Å². The van der Waals surface area contributed by atoms with Gasteiger partial charge in [-0.1, -0.05) is 70.0 Å². The van der Waals surface area contributed by atoms with E-state index >= 15 is 0 Å². The zero-order valence-corrected chi connectivity index (χ0v) is 10.4. The summed E-state index contributed by atoms with van der Waals surface area (Å²) in [5.74, 6) is 0. The van der Waals surface area contributed by atoms with Gasteiger partial charge in [-0.2, -0.15) is 0 Å². The van der Waals surface area contributed by atoms with E-state index in [1.807, 2.05) is 0 Å². The molecular weight excluding hydrogens is 280 g/mol. The third-order valence-corrected chi connectivity index (χ3v) is 7.03. The van der Waals surface area contributed by atoms with Gasteiger partial charge in [0.05, 0.1) is 3.23 Å². The Bertz CT molecular complexity index is 278. The fraction of sp³-hybridized carbons (Fsp3) is 0.600. The van der Waals surface area contributed by atoms with Crippen LogP contribution in [0.2, 0.25) is 0 Å². The van der Waals surface area contributed by atoms with Crippen LogP contribution in [0.15, 0.2) is 24.3 Å². The summed E-state index contributed by atoms with van der Waals surface area (Å²) in [7, 11) is 0. The van der Waals surface area contributed by atoms with Gasteiger partial charge in [-0.3, -0.25) is 0 Å². The standard InChI is InChI=1S/C10H12Br2/c1-8-6-4-3-5-7-9(8,2)10(8,11)12/h3-6H,7H2,1-2H3/t8-,9-/m0/s1. The van der Waals surface area contributed by atoms with Crippen molar-refractivity contribution in [3.8, 4) is 0 Å². The van der Waals surface area contributed by atoms with Crippen LogP contribution in [0.3, 0.4) is 0 Å². The summed E-state index contributed by atoms with van der Waals surface area (Å²) in [6.07, 6.45) is 9.95. The van der Waals surface area contributed by atoms with E-state index in [9.17, 15) is 0 Å². The molecule has 0 saturated heterocycles. The first-order valence-electron chi connectivity index (χ1n) is 4.18. The molecule has 0 spiro atoms. The van der Waals surface area contributed by atoms with E-state index in [4.69, 9.17) is 0 Å². The Hall–Kier alpha value is 0.440. The Balaban J connectivity index is 2.44. The van der Waals surface area contributed by atoms with Crippen LogP contribution in [0, 0.1) is 10.8 Å². The van der Waals surface area contributed by atoms with Crippen molar-refractivity contribution in [1.82, 2.24) is 0 Å². The highest BCUT2D eigenvalue weighted by molar-refractivity contribution is 9.25. The molecule has 1 saturated carbocycles. The lowest BCUT2D eigenvalue weighted by atomic mass is 9.94. The molecule has 0 radical (unpaired) electrons. The monoisotopic (exact) mass is 290 g/mol. The van der Waals surface area contributed by atoms with Gasteiger partial charge in [0.2, 0.25) is 0 Å². The Kier molecular flexibility index (Phi) is 1.70. The molecule has 2 heteroatoms. The summed E-state index contributed by atoms with van der Waals surface area (Å²) >= 11 is 7.52. The van der Waals surface area contributed by atoms with E-state index in [0.717, 1.165) is 6.42 Å². The lowest BCUT2D eigenvalue weighted by Gasteiger charge is -2.09. The van der Waals surface area contributed by atoms with Gasteiger partial charge in [-0.15, -0.1) is 0 Å². The number of fused-ring (bicyclic) bond motifs is 1. The zero-order valence-electron chi connectivity index (χ0n) is 7.27. The van der Waals surface area contributed by atoms with Crippen LogP contribution in [0.5, 0.6) is 0 Å². The molecule has 12 heavy (non-hydrogen) atoms. The van der Waals surface area contributed by atoms with Gasteiger partial charge in [0.25, 0.3) is 0 Å². The molecule has 66 valence electrons. The number of alkyl halides is 2. The highest BCUT2D eigenvalue weighted by atomic mass is 79.9.